The Bertz CT molecular complexity index is 566. The van der Waals surface area contributed by atoms with Crippen molar-refractivity contribution in [3.8, 4) is 0 Å². The number of rotatable bonds is 5. The fraction of sp³-hybridized carbons (Fsp3) is 0.455. The molecule has 0 nitrogen and oxygen atoms in total. The molecule has 0 saturated carbocycles. The predicted molar refractivity (Wildman–Crippen MR) is 109 cm³/mol. The zero-order valence-electron chi connectivity index (χ0n) is 15.7. The Morgan fingerprint density at radius 1 is 0.652 bits per heavy atom. The third-order valence-electron chi connectivity index (χ3n) is 5.56. The summed E-state index contributed by atoms with van der Waals surface area (Å²) in [6, 6.07) is 22.4. The molecule has 0 unspecified atom stereocenters. The van der Waals surface area contributed by atoms with Crippen LogP contribution in [0.3, 0.4) is 0 Å². The Kier molecular flexibility index (Phi) is 5.37. The first-order valence-corrected chi connectivity index (χ1v) is 11.3. The maximum absolute atomic E-state index is 2.56. The summed E-state index contributed by atoms with van der Waals surface area (Å²) in [5.41, 5.74) is 0.389. The van der Waals surface area contributed by atoms with Gasteiger partial charge in [0.2, 0.25) is 0 Å². The molecule has 0 atom stereocenters. The standard InChI is InChI=1S/C22H33P/c1-21(2,3)17-18-22(4,5)23(6,19-13-9-7-10-14-19)20-15-11-8-12-16-20/h7-16,23H,17-18H2,1-6H3. The van der Waals surface area contributed by atoms with E-state index in [-0.39, 0.29) is 0 Å². The second-order valence-corrected chi connectivity index (χ2v) is 13.6. The van der Waals surface area contributed by atoms with E-state index in [0.29, 0.717) is 10.6 Å². The van der Waals surface area contributed by atoms with E-state index in [1.165, 1.54) is 12.8 Å². The molecular weight excluding hydrogens is 295 g/mol. The first kappa shape index (κ1) is 18.2. The van der Waals surface area contributed by atoms with Gasteiger partial charge in [-0.05, 0) is 0 Å². The van der Waals surface area contributed by atoms with Gasteiger partial charge in [0.1, 0.15) is 0 Å². The molecule has 0 saturated heterocycles. The van der Waals surface area contributed by atoms with E-state index in [0.717, 1.165) is 0 Å². The zero-order chi connectivity index (χ0) is 17.1. The van der Waals surface area contributed by atoms with Crippen molar-refractivity contribution in [2.45, 2.75) is 52.6 Å². The van der Waals surface area contributed by atoms with Crippen molar-refractivity contribution in [2.75, 3.05) is 6.66 Å². The Labute approximate surface area is 143 Å². The number of benzene rings is 2. The Hall–Kier alpha value is -1.13. The number of hydrogen-bond donors (Lipinski definition) is 0. The van der Waals surface area contributed by atoms with Crippen molar-refractivity contribution in [3.63, 3.8) is 0 Å². The van der Waals surface area contributed by atoms with Gasteiger partial charge in [-0.3, -0.25) is 0 Å². The van der Waals surface area contributed by atoms with Gasteiger partial charge < -0.3 is 0 Å². The van der Waals surface area contributed by atoms with Crippen LogP contribution in [0.25, 0.3) is 0 Å². The third kappa shape index (κ3) is 4.04. The molecule has 0 radical (unpaired) electrons. The van der Waals surface area contributed by atoms with Crippen LogP contribution in [-0.2, 0) is 0 Å². The van der Waals surface area contributed by atoms with Gasteiger partial charge in [-0.15, -0.1) is 0 Å². The fourth-order valence-electron chi connectivity index (χ4n) is 3.43. The average molecular weight is 328 g/mol. The van der Waals surface area contributed by atoms with Gasteiger partial charge >= 0.3 is 143 Å². The summed E-state index contributed by atoms with van der Waals surface area (Å²) in [6.07, 6.45) is 2.53. The van der Waals surface area contributed by atoms with Crippen LogP contribution in [0.1, 0.15) is 47.5 Å². The molecule has 126 valence electrons. The van der Waals surface area contributed by atoms with Gasteiger partial charge in [-0.2, -0.15) is 0 Å². The fourth-order valence-corrected chi connectivity index (χ4v) is 7.67. The SMILES string of the molecule is CC(C)(C)CCC(C)(C)[PH](C)(c1ccccc1)c1ccccc1. The molecule has 0 fully saturated rings. The Balaban J connectivity index is 2.50. The van der Waals surface area contributed by atoms with Crippen LogP contribution in [0.2, 0.25) is 0 Å². The molecule has 2 aromatic rings. The molecular formula is C22H33P. The zero-order valence-corrected chi connectivity index (χ0v) is 16.7. The Morgan fingerprint density at radius 2 is 1.04 bits per heavy atom. The summed E-state index contributed by atoms with van der Waals surface area (Å²) in [4.78, 5) is 0. The molecule has 0 amide bonds. The van der Waals surface area contributed by atoms with Crippen molar-refractivity contribution in [1.82, 2.24) is 0 Å². The van der Waals surface area contributed by atoms with E-state index in [2.05, 4.69) is 102 Å². The van der Waals surface area contributed by atoms with Gasteiger partial charge in [0.15, 0.2) is 0 Å². The first-order chi connectivity index (χ1) is 10.7. The summed E-state index contributed by atoms with van der Waals surface area (Å²) >= 11 is 0. The topological polar surface area (TPSA) is 0 Å². The minimum absolute atomic E-state index is 0.309. The molecule has 0 bridgehead atoms. The second kappa shape index (κ2) is 6.78. The van der Waals surface area contributed by atoms with Crippen LogP contribution in [0.15, 0.2) is 60.7 Å². The van der Waals surface area contributed by atoms with E-state index in [1.807, 2.05) is 0 Å². The van der Waals surface area contributed by atoms with Gasteiger partial charge in [0, 0.05) is 0 Å². The molecule has 0 spiro atoms. The molecule has 23 heavy (non-hydrogen) atoms. The predicted octanol–water partition coefficient (Wildman–Crippen LogP) is 5.62. The second-order valence-electron chi connectivity index (χ2n) is 8.80. The van der Waals surface area contributed by atoms with E-state index >= 15 is 0 Å². The summed E-state index contributed by atoms with van der Waals surface area (Å²) in [7, 11) is -1.83. The number of hydrogen-bond acceptors (Lipinski definition) is 0. The summed E-state index contributed by atoms with van der Waals surface area (Å²) in [5, 5.41) is 3.40. The Morgan fingerprint density at radius 3 is 1.39 bits per heavy atom. The third-order valence-corrected chi connectivity index (χ3v) is 11.5. The van der Waals surface area contributed by atoms with Gasteiger partial charge in [0.25, 0.3) is 0 Å². The summed E-state index contributed by atoms with van der Waals surface area (Å²) < 4.78 is 0. The molecule has 0 heterocycles. The maximum atomic E-state index is 2.56. The first-order valence-electron chi connectivity index (χ1n) is 8.78. The minimum atomic E-state index is -1.83. The van der Waals surface area contributed by atoms with Crippen LogP contribution < -0.4 is 10.6 Å². The molecule has 0 aliphatic heterocycles. The van der Waals surface area contributed by atoms with Gasteiger partial charge in [0.05, 0.1) is 0 Å². The van der Waals surface area contributed by atoms with Gasteiger partial charge in [-0.25, -0.2) is 0 Å². The van der Waals surface area contributed by atoms with Crippen molar-refractivity contribution >= 4 is 17.9 Å². The summed E-state index contributed by atoms with van der Waals surface area (Å²) in [6.45, 7) is 14.6. The van der Waals surface area contributed by atoms with Crippen molar-refractivity contribution in [1.29, 1.82) is 0 Å². The monoisotopic (exact) mass is 328 g/mol. The van der Waals surface area contributed by atoms with E-state index < -0.39 is 7.26 Å². The molecule has 0 aliphatic carbocycles. The molecule has 0 aliphatic rings. The van der Waals surface area contributed by atoms with Crippen molar-refractivity contribution < 1.29 is 0 Å². The van der Waals surface area contributed by atoms with E-state index in [4.69, 9.17) is 0 Å². The summed E-state index contributed by atoms with van der Waals surface area (Å²) in [5.74, 6) is 0. The molecule has 2 aromatic carbocycles. The van der Waals surface area contributed by atoms with E-state index in [9.17, 15) is 0 Å². The normalized spacial score (nSPS) is 13.8. The van der Waals surface area contributed by atoms with Crippen LogP contribution >= 0.6 is 7.26 Å². The van der Waals surface area contributed by atoms with Crippen LogP contribution in [0, 0.1) is 5.41 Å². The average Bonchev–Trinajstić information content (AvgIpc) is 2.53. The van der Waals surface area contributed by atoms with Crippen LogP contribution in [-0.4, -0.2) is 11.8 Å². The van der Waals surface area contributed by atoms with E-state index in [1.54, 1.807) is 10.6 Å². The molecule has 2 rings (SSSR count). The molecule has 0 aromatic heterocycles. The van der Waals surface area contributed by atoms with Gasteiger partial charge in [-0.1, -0.05) is 0 Å². The molecule has 1 heteroatoms. The molecule has 0 N–H and O–H groups in total. The van der Waals surface area contributed by atoms with Crippen LogP contribution in [0.5, 0.6) is 0 Å². The van der Waals surface area contributed by atoms with Crippen LogP contribution in [0.4, 0.5) is 0 Å². The van der Waals surface area contributed by atoms with Crippen molar-refractivity contribution in [3.05, 3.63) is 60.7 Å². The quantitative estimate of drug-likeness (QED) is 0.625. The van der Waals surface area contributed by atoms with Crippen molar-refractivity contribution in [2.24, 2.45) is 5.41 Å².